The first-order valence-corrected chi connectivity index (χ1v) is 8.45. The SMILES string of the molecule is CCN1CCc2c(sc(N)c2C(=O)NCc2ccccc2)C1. The Morgan fingerprint density at radius 1 is 1.36 bits per heavy atom. The minimum atomic E-state index is -0.0520. The molecule has 0 unspecified atom stereocenters. The van der Waals surface area contributed by atoms with E-state index in [1.54, 1.807) is 11.3 Å². The number of nitrogens with zero attached hydrogens (tertiary/aromatic N) is 1. The molecule has 1 amide bonds. The average molecular weight is 315 g/mol. The summed E-state index contributed by atoms with van der Waals surface area (Å²) < 4.78 is 0. The van der Waals surface area contributed by atoms with Gasteiger partial charge in [-0.2, -0.15) is 0 Å². The van der Waals surface area contributed by atoms with Gasteiger partial charge in [0, 0.05) is 24.5 Å². The first kappa shape index (κ1) is 15.1. The van der Waals surface area contributed by atoms with E-state index in [1.807, 2.05) is 30.3 Å². The molecule has 1 aliphatic heterocycles. The van der Waals surface area contributed by atoms with Crippen LogP contribution in [0.3, 0.4) is 0 Å². The van der Waals surface area contributed by atoms with Gasteiger partial charge in [0.15, 0.2) is 0 Å². The van der Waals surface area contributed by atoms with Crippen LogP contribution in [0, 0.1) is 0 Å². The number of anilines is 1. The zero-order valence-electron chi connectivity index (χ0n) is 12.8. The molecule has 3 rings (SSSR count). The molecule has 22 heavy (non-hydrogen) atoms. The van der Waals surface area contributed by atoms with E-state index >= 15 is 0 Å². The molecule has 116 valence electrons. The summed E-state index contributed by atoms with van der Waals surface area (Å²) in [4.78, 5) is 16.1. The minimum Gasteiger partial charge on any atom is -0.390 e. The smallest absolute Gasteiger partial charge is 0.254 e. The molecule has 2 aromatic rings. The number of hydrogen-bond donors (Lipinski definition) is 2. The molecule has 2 heterocycles. The molecule has 0 atom stereocenters. The average Bonchev–Trinajstić information content (AvgIpc) is 2.88. The quantitative estimate of drug-likeness (QED) is 0.912. The maximum Gasteiger partial charge on any atom is 0.254 e. The second-order valence-corrected chi connectivity index (χ2v) is 6.67. The maximum atomic E-state index is 12.5. The second kappa shape index (κ2) is 6.50. The summed E-state index contributed by atoms with van der Waals surface area (Å²) in [6.45, 7) is 5.64. The van der Waals surface area contributed by atoms with Gasteiger partial charge >= 0.3 is 0 Å². The van der Waals surface area contributed by atoms with Gasteiger partial charge in [0.05, 0.1) is 10.6 Å². The number of nitrogen functional groups attached to an aromatic ring is 1. The van der Waals surface area contributed by atoms with Gasteiger partial charge in [-0.25, -0.2) is 0 Å². The number of carbonyl (C=O) groups excluding carboxylic acids is 1. The van der Waals surface area contributed by atoms with E-state index in [9.17, 15) is 4.79 Å². The van der Waals surface area contributed by atoms with Gasteiger partial charge in [-0.3, -0.25) is 9.69 Å². The molecule has 0 aliphatic carbocycles. The number of amides is 1. The van der Waals surface area contributed by atoms with Crippen molar-refractivity contribution in [2.75, 3.05) is 18.8 Å². The van der Waals surface area contributed by atoms with Crippen LogP contribution >= 0.6 is 11.3 Å². The van der Waals surface area contributed by atoms with Gasteiger partial charge in [-0.05, 0) is 24.1 Å². The van der Waals surface area contributed by atoms with Crippen molar-refractivity contribution in [1.29, 1.82) is 0 Å². The fraction of sp³-hybridized carbons (Fsp3) is 0.353. The molecular weight excluding hydrogens is 294 g/mol. The molecule has 0 saturated carbocycles. The van der Waals surface area contributed by atoms with Crippen LogP contribution in [0.15, 0.2) is 30.3 Å². The van der Waals surface area contributed by atoms with Crippen LogP contribution in [-0.2, 0) is 19.5 Å². The largest absolute Gasteiger partial charge is 0.390 e. The molecule has 0 fully saturated rings. The van der Waals surface area contributed by atoms with Gasteiger partial charge in [0.1, 0.15) is 0 Å². The van der Waals surface area contributed by atoms with E-state index in [0.29, 0.717) is 17.1 Å². The normalized spacial score (nSPS) is 14.6. The van der Waals surface area contributed by atoms with Crippen molar-refractivity contribution >= 4 is 22.2 Å². The number of carbonyl (C=O) groups is 1. The monoisotopic (exact) mass is 315 g/mol. The molecule has 1 aromatic heterocycles. The number of likely N-dealkylation sites (N-methyl/N-ethyl adjacent to an activating group) is 1. The van der Waals surface area contributed by atoms with Gasteiger partial charge in [-0.15, -0.1) is 11.3 Å². The third kappa shape index (κ3) is 3.00. The highest BCUT2D eigenvalue weighted by Crippen LogP contribution is 2.35. The zero-order valence-corrected chi connectivity index (χ0v) is 13.6. The topological polar surface area (TPSA) is 58.4 Å². The number of rotatable bonds is 4. The first-order chi connectivity index (χ1) is 10.7. The lowest BCUT2D eigenvalue weighted by Gasteiger charge is -2.25. The van der Waals surface area contributed by atoms with E-state index in [4.69, 9.17) is 5.73 Å². The fourth-order valence-corrected chi connectivity index (χ4v) is 4.02. The highest BCUT2D eigenvalue weighted by molar-refractivity contribution is 7.16. The number of thiophene rings is 1. The third-order valence-corrected chi connectivity index (χ3v) is 5.18. The van der Waals surface area contributed by atoms with E-state index < -0.39 is 0 Å². The lowest BCUT2D eigenvalue weighted by molar-refractivity contribution is 0.0950. The standard InChI is InChI=1S/C17H21N3OS/c1-2-20-9-8-13-14(11-20)22-16(18)15(13)17(21)19-10-12-6-4-3-5-7-12/h3-7H,2,8-11,18H2,1H3,(H,19,21). The Kier molecular flexibility index (Phi) is 4.45. The van der Waals surface area contributed by atoms with Crippen molar-refractivity contribution < 1.29 is 4.79 Å². The van der Waals surface area contributed by atoms with Gasteiger partial charge < -0.3 is 11.1 Å². The zero-order chi connectivity index (χ0) is 15.5. The lowest BCUT2D eigenvalue weighted by Crippen LogP contribution is -2.31. The van der Waals surface area contributed by atoms with E-state index in [2.05, 4.69) is 17.1 Å². The summed E-state index contributed by atoms with van der Waals surface area (Å²) in [5, 5.41) is 3.64. The summed E-state index contributed by atoms with van der Waals surface area (Å²) in [6, 6.07) is 9.93. The molecule has 0 bridgehead atoms. The summed E-state index contributed by atoms with van der Waals surface area (Å²) >= 11 is 1.56. The Morgan fingerprint density at radius 3 is 2.86 bits per heavy atom. The summed E-state index contributed by atoms with van der Waals surface area (Å²) in [5.74, 6) is -0.0520. The molecule has 0 saturated heterocycles. The fourth-order valence-electron chi connectivity index (χ4n) is 2.86. The van der Waals surface area contributed by atoms with Crippen molar-refractivity contribution in [3.63, 3.8) is 0 Å². The molecule has 1 aromatic carbocycles. The third-order valence-electron chi connectivity index (χ3n) is 4.13. The van der Waals surface area contributed by atoms with Crippen LogP contribution in [0.1, 0.15) is 33.3 Å². The van der Waals surface area contributed by atoms with Crippen molar-refractivity contribution in [3.05, 3.63) is 51.9 Å². The molecule has 5 heteroatoms. The first-order valence-electron chi connectivity index (χ1n) is 7.63. The number of hydrogen-bond acceptors (Lipinski definition) is 4. The van der Waals surface area contributed by atoms with Crippen molar-refractivity contribution in [3.8, 4) is 0 Å². The van der Waals surface area contributed by atoms with Gasteiger partial charge in [-0.1, -0.05) is 37.3 Å². The maximum absolute atomic E-state index is 12.5. The molecule has 1 aliphatic rings. The predicted molar refractivity (Wildman–Crippen MR) is 91.0 cm³/mol. The van der Waals surface area contributed by atoms with Crippen LogP contribution in [0.5, 0.6) is 0 Å². The highest BCUT2D eigenvalue weighted by Gasteiger charge is 2.26. The van der Waals surface area contributed by atoms with Crippen molar-refractivity contribution in [2.24, 2.45) is 0 Å². The Labute approximate surface area is 134 Å². The number of nitrogens with two attached hydrogens (primary N) is 1. The summed E-state index contributed by atoms with van der Waals surface area (Å²) in [6.07, 6.45) is 0.908. The number of nitrogens with one attached hydrogen (secondary N) is 1. The lowest BCUT2D eigenvalue weighted by atomic mass is 10.0. The van der Waals surface area contributed by atoms with E-state index in [-0.39, 0.29) is 5.91 Å². The second-order valence-electron chi connectivity index (χ2n) is 5.53. The van der Waals surface area contributed by atoms with Crippen LogP contribution in [0.25, 0.3) is 0 Å². The highest BCUT2D eigenvalue weighted by atomic mass is 32.1. The Hall–Kier alpha value is -1.85. The molecular formula is C17H21N3OS. The molecule has 4 nitrogen and oxygen atoms in total. The van der Waals surface area contributed by atoms with E-state index in [0.717, 1.165) is 37.2 Å². The van der Waals surface area contributed by atoms with Crippen molar-refractivity contribution in [2.45, 2.75) is 26.4 Å². The van der Waals surface area contributed by atoms with Crippen LogP contribution in [-0.4, -0.2) is 23.9 Å². The Bertz CT molecular complexity index is 666. The molecule has 3 N–H and O–H groups in total. The number of benzene rings is 1. The van der Waals surface area contributed by atoms with E-state index in [1.165, 1.54) is 4.88 Å². The Balaban J connectivity index is 1.75. The number of fused-ring (bicyclic) bond motifs is 1. The summed E-state index contributed by atoms with van der Waals surface area (Å²) in [7, 11) is 0. The predicted octanol–water partition coefficient (Wildman–Crippen LogP) is 2.64. The minimum absolute atomic E-state index is 0.0520. The summed E-state index contributed by atoms with van der Waals surface area (Å²) in [5.41, 5.74) is 9.06. The molecule has 0 spiro atoms. The van der Waals surface area contributed by atoms with Crippen LogP contribution in [0.4, 0.5) is 5.00 Å². The van der Waals surface area contributed by atoms with Gasteiger partial charge in [0.25, 0.3) is 5.91 Å². The van der Waals surface area contributed by atoms with Crippen LogP contribution < -0.4 is 11.1 Å². The molecule has 0 radical (unpaired) electrons. The van der Waals surface area contributed by atoms with Crippen LogP contribution in [0.2, 0.25) is 0 Å². The van der Waals surface area contributed by atoms with Crippen molar-refractivity contribution in [1.82, 2.24) is 10.2 Å². The van der Waals surface area contributed by atoms with Gasteiger partial charge in [0.2, 0.25) is 0 Å². The Morgan fingerprint density at radius 2 is 2.14 bits per heavy atom.